The van der Waals surface area contributed by atoms with Gasteiger partial charge < -0.3 is 0 Å². The van der Waals surface area contributed by atoms with Gasteiger partial charge in [-0.1, -0.05) is 25.5 Å². The molecule has 0 radical (unpaired) electrons. The number of rotatable bonds is 2. The zero-order valence-electron chi connectivity index (χ0n) is 8.36. The fourth-order valence-corrected chi connectivity index (χ4v) is 2.57. The van der Waals surface area contributed by atoms with Crippen molar-refractivity contribution in [3.8, 4) is 0 Å². The monoisotopic (exact) mass is 179 g/mol. The Kier molecular flexibility index (Phi) is 2.24. The summed E-state index contributed by atoms with van der Waals surface area (Å²) in [4.78, 5) is 14.0. The quantitative estimate of drug-likeness (QED) is 0.600. The third kappa shape index (κ3) is 1.33. The van der Waals surface area contributed by atoms with Gasteiger partial charge in [-0.05, 0) is 13.5 Å². The molecule has 0 aromatic carbocycles. The van der Waals surface area contributed by atoms with Crippen molar-refractivity contribution in [2.75, 3.05) is 7.05 Å². The van der Waals surface area contributed by atoms with Gasteiger partial charge in [0.1, 0.15) is 5.78 Å². The van der Waals surface area contributed by atoms with Gasteiger partial charge in [-0.2, -0.15) is 0 Å². The normalized spacial score (nSPS) is 38.6. The van der Waals surface area contributed by atoms with E-state index in [0.29, 0.717) is 17.9 Å². The Bertz CT molecular complexity index is 246. The number of Topliss-reactive ketones (excluding diaryl/α,β-unsaturated/α-hetero) is 1. The summed E-state index contributed by atoms with van der Waals surface area (Å²) in [5, 5.41) is 0. The largest absolute Gasteiger partial charge is 0.299 e. The van der Waals surface area contributed by atoms with Crippen molar-refractivity contribution in [2.24, 2.45) is 5.92 Å². The molecule has 0 amide bonds. The molecule has 0 aromatic heterocycles. The number of likely N-dealkylation sites (N-methyl/N-ethyl adjacent to an activating group) is 1. The van der Waals surface area contributed by atoms with Gasteiger partial charge >= 0.3 is 0 Å². The summed E-state index contributed by atoms with van der Waals surface area (Å²) in [5.41, 5.74) is 0. The highest BCUT2D eigenvalue weighted by atomic mass is 16.1. The third-order valence-corrected chi connectivity index (χ3v) is 3.37. The Labute approximate surface area is 79.6 Å². The van der Waals surface area contributed by atoms with Gasteiger partial charge in [0.15, 0.2) is 0 Å². The second kappa shape index (κ2) is 3.26. The van der Waals surface area contributed by atoms with Crippen molar-refractivity contribution in [1.29, 1.82) is 0 Å². The highest BCUT2D eigenvalue weighted by molar-refractivity contribution is 5.86. The summed E-state index contributed by atoms with van der Waals surface area (Å²) in [5.74, 6) is 0.638. The Hall–Kier alpha value is -0.630. The van der Waals surface area contributed by atoms with Crippen LogP contribution < -0.4 is 0 Å². The SMILES string of the molecule is CCC[C@H]1[C@@H]2C=C[C@@H](CC2=O)N1C. The molecule has 13 heavy (non-hydrogen) atoms. The van der Waals surface area contributed by atoms with Gasteiger partial charge in [0, 0.05) is 18.5 Å². The van der Waals surface area contributed by atoms with E-state index in [1.165, 1.54) is 6.42 Å². The molecule has 72 valence electrons. The van der Waals surface area contributed by atoms with E-state index in [4.69, 9.17) is 0 Å². The number of carbonyl (C=O) groups excluding carboxylic acids is 1. The standard InChI is InChI=1S/C11H17NO/c1-3-4-10-9-6-5-8(12(10)2)7-11(9)13/h5-6,8-10H,3-4,7H2,1-2H3/t8-,9-,10-/m0/s1. The smallest absolute Gasteiger partial charge is 0.143 e. The van der Waals surface area contributed by atoms with Gasteiger partial charge in [-0.3, -0.25) is 9.69 Å². The number of hydrogen-bond acceptors (Lipinski definition) is 2. The summed E-state index contributed by atoms with van der Waals surface area (Å²) in [6.45, 7) is 2.18. The van der Waals surface area contributed by atoms with E-state index in [0.717, 1.165) is 12.8 Å². The van der Waals surface area contributed by atoms with E-state index in [1.807, 2.05) is 0 Å². The maximum atomic E-state index is 11.6. The molecule has 1 fully saturated rings. The second-order valence-electron chi connectivity index (χ2n) is 4.17. The van der Waals surface area contributed by atoms with Crippen LogP contribution >= 0.6 is 0 Å². The van der Waals surface area contributed by atoms with Gasteiger partial charge in [0.25, 0.3) is 0 Å². The van der Waals surface area contributed by atoms with E-state index >= 15 is 0 Å². The number of carbonyl (C=O) groups is 1. The predicted octanol–water partition coefficient (Wildman–Crippen LogP) is 1.61. The number of nitrogens with zero attached hydrogens (tertiary/aromatic N) is 1. The molecule has 1 aliphatic carbocycles. The summed E-state index contributed by atoms with van der Waals surface area (Å²) in [7, 11) is 2.15. The Balaban J connectivity index is 2.20. The molecule has 0 spiro atoms. The van der Waals surface area contributed by atoms with Crippen LogP contribution in [-0.2, 0) is 4.79 Å². The van der Waals surface area contributed by atoms with Gasteiger partial charge in [-0.15, -0.1) is 0 Å². The fourth-order valence-electron chi connectivity index (χ4n) is 2.57. The van der Waals surface area contributed by atoms with E-state index in [9.17, 15) is 4.79 Å². The molecule has 2 bridgehead atoms. The minimum atomic E-state index is 0.190. The van der Waals surface area contributed by atoms with Crippen molar-refractivity contribution in [1.82, 2.24) is 4.90 Å². The first-order chi connectivity index (χ1) is 6.24. The molecule has 2 heteroatoms. The second-order valence-corrected chi connectivity index (χ2v) is 4.17. The van der Waals surface area contributed by atoms with Gasteiger partial charge in [-0.25, -0.2) is 0 Å². The maximum Gasteiger partial charge on any atom is 0.143 e. The first-order valence-corrected chi connectivity index (χ1v) is 5.17. The molecule has 2 heterocycles. The van der Waals surface area contributed by atoms with Gasteiger partial charge in [0.2, 0.25) is 0 Å². The van der Waals surface area contributed by atoms with Crippen molar-refractivity contribution in [3.63, 3.8) is 0 Å². The molecule has 3 aliphatic rings. The molecule has 1 saturated heterocycles. The van der Waals surface area contributed by atoms with E-state index < -0.39 is 0 Å². The van der Waals surface area contributed by atoms with Crippen molar-refractivity contribution >= 4 is 5.78 Å². The van der Waals surface area contributed by atoms with Gasteiger partial charge in [0.05, 0.1) is 5.92 Å². The lowest BCUT2D eigenvalue weighted by Gasteiger charge is -2.45. The lowest BCUT2D eigenvalue weighted by atomic mass is 9.77. The topological polar surface area (TPSA) is 20.3 Å². The molecule has 3 rings (SSSR count). The molecule has 3 atom stereocenters. The van der Waals surface area contributed by atoms with Crippen LogP contribution in [0.3, 0.4) is 0 Å². The maximum absolute atomic E-state index is 11.6. The van der Waals surface area contributed by atoms with Crippen LogP contribution in [0, 0.1) is 5.92 Å². The lowest BCUT2D eigenvalue weighted by molar-refractivity contribution is -0.129. The Morgan fingerprint density at radius 1 is 1.54 bits per heavy atom. The highest BCUT2D eigenvalue weighted by Gasteiger charge is 2.40. The number of piperidine rings is 1. The first-order valence-electron chi connectivity index (χ1n) is 5.17. The Morgan fingerprint density at radius 3 is 2.92 bits per heavy atom. The number of hydrogen-bond donors (Lipinski definition) is 0. The average molecular weight is 179 g/mol. The van der Waals surface area contributed by atoms with Crippen LogP contribution in [0.25, 0.3) is 0 Å². The van der Waals surface area contributed by atoms with Crippen LogP contribution in [0.5, 0.6) is 0 Å². The van der Waals surface area contributed by atoms with Crippen LogP contribution in [-0.4, -0.2) is 29.8 Å². The van der Waals surface area contributed by atoms with Crippen molar-refractivity contribution < 1.29 is 4.79 Å². The number of fused-ring (bicyclic) bond motifs is 2. The predicted molar refractivity (Wildman–Crippen MR) is 52.5 cm³/mol. The van der Waals surface area contributed by atoms with Crippen molar-refractivity contribution in [2.45, 2.75) is 38.3 Å². The van der Waals surface area contributed by atoms with E-state index in [-0.39, 0.29) is 5.92 Å². The molecule has 0 saturated carbocycles. The molecule has 2 nitrogen and oxygen atoms in total. The lowest BCUT2D eigenvalue weighted by Crippen LogP contribution is -2.54. The van der Waals surface area contributed by atoms with Crippen LogP contribution in [0.2, 0.25) is 0 Å². The summed E-state index contributed by atoms with van der Waals surface area (Å²) < 4.78 is 0. The zero-order valence-corrected chi connectivity index (χ0v) is 8.36. The fraction of sp³-hybridized carbons (Fsp3) is 0.727. The van der Waals surface area contributed by atoms with Crippen LogP contribution in [0.1, 0.15) is 26.2 Å². The molecule has 0 N–H and O–H groups in total. The summed E-state index contributed by atoms with van der Waals surface area (Å²) in [6, 6.07) is 0.857. The molecule has 2 aliphatic heterocycles. The molecular formula is C11H17NO. The minimum Gasteiger partial charge on any atom is -0.299 e. The summed E-state index contributed by atoms with van der Waals surface area (Å²) in [6.07, 6.45) is 7.36. The molecule has 0 aromatic rings. The highest BCUT2D eigenvalue weighted by Crippen LogP contribution is 2.33. The minimum absolute atomic E-state index is 0.190. The average Bonchev–Trinajstić information content (AvgIpc) is 2.12. The van der Waals surface area contributed by atoms with Crippen molar-refractivity contribution in [3.05, 3.63) is 12.2 Å². The van der Waals surface area contributed by atoms with E-state index in [2.05, 4.69) is 31.0 Å². The van der Waals surface area contributed by atoms with Crippen LogP contribution in [0.15, 0.2) is 12.2 Å². The van der Waals surface area contributed by atoms with E-state index in [1.54, 1.807) is 0 Å². The molecule has 0 unspecified atom stereocenters. The first kappa shape index (κ1) is 8.95. The van der Waals surface area contributed by atoms with Crippen LogP contribution in [0.4, 0.5) is 0 Å². The Morgan fingerprint density at radius 2 is 2.31 bits per heavy atom. The summed E-state index contributed by atoms with van der Waals surface area (Å²) >= 11 is 0. The zero-order chi connectivity index (χ0) is 9.42. The number of ketones is 1. The third-order valence-electron chi connectivity index (χ3n) is 3.37. The molecular weight excluding hydrogens is 162 g/mol.